The largest absolute Gasteiger partial charge is 0.361 e. The van der Waals surface area contributed by atoms with Crippen LogP contribution in [-0.4, -0.2) is 27.3 Å². The van der Waals surface area contributed by atoms with Gasteiger partial charge in [-0.3, -0.25) is 9.78 Å². The molecule has 0 fully saturated rings. The molecule has 124 valence electrons. The summed E-state index contributed by atoms with van der Waals surface area (Å²) in [5.74, 6) is 0.183. The molecule has 0 aliphatic rings. The molecule has 1 unspecified atom stereocenters. The molecular formula is C20H23N3O. The van der Waals surface area contributed by atoms with Gasteiger partial charge < -0.3 is 9.88 Å². The Kier molecular flexibility index (Phi) is 4.94. The van der Waals surface area contributed by atoms with Crippen molar-refractivity contribution < 1.29 is 4.79 Å². The highest BCUT2D eigenvalue weighted by Crippen LogP contribution is 2.21. The van der Waals surface area contributed by atoms with Crippen LogP contribution >= 0.6 is 0 Å². The van der Waals surface area contributed by atoms with E-state index in [9.17, 15) is 4.79 Å². The molecule has 4 heteroatoms. The average molecular weight is 321 g/mol. The van der Waals surface area contributed by atoms with Gasteiger partial charge in [0.25, 0.3) is 0 Å². The monoisotopic (exact) mass is 321 g/mol. The quantitative estimate of drug-likeness (QED) is 0.743. The molecule has 2 aromatic heterocycles. The summed E-state index contributed by atoms with van der Waals surface area (Å²) in [6.45, 7) is 4.78. The van der Waals surface area contributed by atoms with Crippen molar-refractivity contribution >= 4 is 16.8 Å². The van der Waals surface area contributed by atoms with Gasteiger partial charge >= 0.3 is 0 Å². The molecule has 0 aliphatic heterocycles. The van der Waals surface area contributed by atoms with Crippen LogP contribution in [0.2, 0.25) is 0 Å². The smallest absolute Gasteiger partial charge is 0.223 e. The van der Waals surface area contributed by atoms with Crippen LogP contribution in [0, 0.1) is 0 Å². The molecule has 4 nitrogen and oxygen atoms in total. The third-order valence-corrected chi connectivity index (χ3v) is 4.54. The lowest BCUT2D eigenvalue weighted by Gasteiger charge is -2.28. The highest BCUT2D eigenvalue weighted by molar-refractivity contribution is 5.80. The van der Waals surface area contributed by atoms with E-state index in [1.807, 2.05) is 36.4 Å². The number of amides is 1. The second-order valence-electron chi connectivity index (χ2n) is 6.04. The minimum absolute atomic E-state index is 0.0448. The Hall–Kier alpha value is -2.62. The first-order valence-corrected chi connectivity index (χ1v) is 8.44. The molecule has 2 heterocycles. The zero-order chi connectivity index (χ0) is 16.9. The van der Waals surface area contributed by atoms with Crippen LogP contribution in [0.25, 0.3) is 10.9 Å². The number of carbonyl (C=O) groups is 1. The Bertz CT molecular complexity index is 810. The standard InChI is InChI=1S/C20H23N3O/c1-3-23(15(2)18-5-4-11-21-14-18)20(24)9-7-16-6-8-19-17(13-16)10-12-22-19/h4-6,8,10-15,22H,3,7,9H2,1-2H3. The number of aromatic amines is 1. The van der Waals surface area contributed by atoms with E-state index in [4.69, 9.17) is 0 Å². The highest BCUT2D eigenvalue weighted by Gasteiger charge is 2.19. The van der Waals surface area contributed by atoms with E-state index < -0.39 is 0 Å². The van der Waals surface area contributed by atoms with Crippen molar-refractivity contribution in [2.75, 3.05) is 6.54 Å². The fourth-order valence-electron chi connectivity index (χ4n) is 3.12. The van der Waals surface area contributed by atoms with Crippen LogP contribution in [0.4, 0.5) is 0 Å². The van der Waals surface area contributed by atoms with Gasteiger partial charge in [0, 0.05) is 37.1 Å². The predicted octanol–water partition coefficient (Wildman–Crippen LogP) is 4.11. The van der Waals surface area contributed by atoms with Gasteiger partial charge in [0.05, 0.1) is 6.04 Å². The second kappa shape index (κ2) is 7.30. The van der Waals surface area contributed by atoms with Crippen molar-refractivity contribution in [3.63, 3.8) is 0 Å². The molecule has 3 aromatic rings. The zero-order valence-electron chi connectivity index (χ0n) is 14.2. The normalized spacial score (nSPS) is 12.2. The van der Waals surface area contributed by atoms with E-state index >= 15 is 0 Å². The maximum Gasteiger partial charge on any atom is 0.223 e. The molecule has 1 aromatic carbocycles. The number of nitrogens with zero attached hydrogens (tertiary/aromatic N) is 2. The first-order valence-electron chi connectivity index (χ1n) is 8.44. The van der Waals surface area contributed by atoms with Crippen LogP contribution < -0.4 is 0 Å². The number of benzene rings is 1. The molecule has 0 saturated heterocycles. The van der Waals surface area contributed by atoms with Crippen LogP contribution in [0.3, 0.4) is 0 Å². The van der Waals surface area contributed by atoms with Crippen molar-refractivity contribution in [1.82, 2.24) is 14.9 Å². The molecule has 0 bridgehead atoms. The molecule has 0 saturated carbocycles. The Balaban J connectivity index is 1.65. The van der Waals surface area contributed by atoms with Crippen molar-refractivity contribution in [3.8, 4) is 0 Å². The number of nitrogens with one attached hydrogen (secondary N) is 1. The Morgan fingerprint density at radius 1 is 1.29 bits per heavy atom. The van der Waals surface area contributed by atoms with Gasteiger partial charge in [0.1, 0.15) is 0 Å². The summed E-state index contributed by atoms with van der Waals surface area (Å²) < 4.78 is 0. The summed E-state index contributed by atoms with van der Waals surface area (Å²) in [5.41, 5.74) is 3.40. The van der Waals surface area contributed by atoms with Gasteiger partial charge in [-0.25, -0.2) is 0 Å². The number of aryl methyl sites for hydroxylation is 1. The summed E-state index contributed by atoms with van der Waals surface area (Å²) in [4.78, 5) is 21.9. The van der Waals surface area contributed by atoms with E-state index in [1.54, 1.807) is 6.20 Å². The predicted molar refractivity (Wildman–Crippen MR) is 96.7 cm³/mol. The second-order valence-corrected chi connectivity index (χ2v) is 6.04. The fraction of sp³-hybridized carbons (Fsp3) is 0.300. The van der Waals surface area contributed by atoms with Gasteiger partial charge in [0.2, 0.25) is 5.91 Å². The maximum atomic E-state index is 12.7. The number of carbonyl (C=O) groups excluding carboxylic acids is 1. The molecule has 0 aliphatic carbocycles. The van der Waals surface area contributed by atoms with E-state index in [1.165, 1.54) is 10.9 Å². The van der Waals surface area contributed by atoms with E-state index in [-0.39, 0.29) is 11.9 Å². The fourth-order valence-corrected chi connectivity index (χ4v) is 3.12. The van der Waals surface area contributed by atoms with E-state index in [2.05, 4.69) is 41.2 Å². The molecule has 3 rings (SSSR count). The zero-order valence-corrected chi connectivity index (χ0v) is 14.2. The topological polar surface area (TPSA) is 49.0 Å². The average Bonchev–Trinajstić information content (AvgIpc) is 3.09. The highest BCUT2D eigenvalue weighted by atomic mass is 16.2. The number of aromatic nitrogens is 2. The Labute approximate surface area is 142 Å². The summed E-state index contributed by atoms with van der Waals surface area (Å²) in [6.07, 6.45) is 6.81. The van der Waals surface area contributed by atoms with Gasteiger partial charge in [-0.2, -0.15) is 0 Å². The summed E-state index contributed by atoms with van der Waals surface area (Å²) in [5, 5.41) is 1.19. The van der Waals surface area contributed by atoms with Crippen LogP contribution in [0.1, 0.15) is 37.4 Å². The number of pyridine rings is 1. The molecule has 1 atom stereocenters. The number of H-pyrrole nitrogens is 1. The van der Waals surface area contributed by atoms with Gasteiger partial charge in [-0.15, -0.1) is 0 Å². The molecule has 24 heavy (non-hydrogen) atoms. The molecular weight excluding hydrogens is 298 g/mol. The third-order valence-electron chi connectivity index (χ3n) is 4.54. The van der Waals surface area contributed by atoms with Crippen LogP contribution in [0.5, 0.6) is 0 Å². The van der Waals surface area contributed by atoms with Gasteiger partial charge in [0.15, 0.2) is 0 Å². The van der Waals surface area contributed by atoms with Crippen molar-refractivity contribution in [3.05, 3.63) is 66.1 Å². The van der Waals surface area contributed by atoms with Crippen LogP contribution in [-0.2, 0) is 11.2 Å². The lowest BCUT2D eigenvalue weighted by Crippen LogP contribution is -2.33. The molecule has 1 amide bonds. The summed E-state index contributed by atoms with van der Waals surface area (Å²) >= 11 is 0. The molecule has 0 radical (unpaired) electrons. The minimum atomic E-state index is 0.0448. The van der Waals surface area contributed by atoms with Crippen molar-refractivity contribution in [2.45, 2.75) is 32.7 Å². The van der Waals surface area contributed by atoms with E-state index in [0.717, 1.165) is 17.5 Å². The van der Waals surface area contributed by atoms with Crippen molar-refractivity contribution in [2.24, 2.45) is 0 Å². The summed E-state index contributed by atoms with van der Waals surface area (Å²) in [6, 6.07) is 12.4. The SMILES string of the molecule is CCN(C(=O)CCc1ccc2[nH]ccc2c1)C(C)c1cccnc1. The van der Waals surface area contributed by atoms with Crippen molar-refractivity contribution in [1.29, 1.82) is 0 Å². The lowest BCUT2D eigenvalue weighted by molar-refractivity contribution is -0.133. The Morgan fingerprint density at radius 2 is 2.17 bits per heavy atom. The third kappa shape index (κ3) is 3.48. The number of hydrogen-bond donors (Lipinski definition) is 1. The first-order chi connectivity index (χ1) is 11.7. The minimum Gasteiger partial charge on any atom is -0.361 e. The first kappa shape index (κ1) is 16.2. The molecule has 0 spiro atoms. The van der Waals surface area contributed by atoms with Gasteiger partial charge in [-0.1, -0.05) is 12.1 Å². The number of fused-ring (bicyclic) bond motifs is 1. The summed E-state index contributed by atoms with van der Waals surface area (Å²) in [7, 11) is 0. The lowest BCUT2D eigenvalue weighted by atomic mass is 10.1. The maximum absolute atomic E-state index is 12.7. The van der Waals surface area contributed by atoms with Gasteiger partial charge in [-0.05, 0) is 61.0 Å². The number of hydrogen-bond acceptors (Lipinski definition) is 2. The Morgan fingerprint density at radius 3 is 2.92 bits per heavy atom. The molecule has 1 N–H and O–H groups in total. The number of rotatable bonds is 6. The van der Waals surface area contributed by atoms with Crippen LogP contribution in [0.15, 0.2) is 55.0 Å². The van der Waals surface area contributed by atoms with E-state index in [0.29, 0.717) is 13.0 Å².